The SMILES string of the molecule is CCc1ccc(Nc2cc(N)nc(C(C)C)n2)cc1. The fourth-order valence-corrected chi connectivity index (χ4v) is 1.78. The average molecular weight is 256 g/mol. The number of aromatic nitrogens is 2. The summed E-state index contributed by atoms with van der Waals surface area (Å²) in [5, 5.41) is 3.26. The van der Waals surface area contributed by atoms with Gasteiger partial charge in [-0.1, -0.05) is 32.9 Å². The molecule has 0 bridgehead atoms. The summed E-state index contributed by atoms with van der Waals surface area (Å²) in [6.45, 7) is 6.24. The van der Waals surface area contributed by atoms with E-state index in [1.807, 2.05) is 12.1 Å². The van der Waals surface area contributed by atoms with Gasteiger partial charge in [0.25, 0.3) is 0 Å². The summed E-state index contributed by atoms with van der Waals surface area (Å²) >= 11 is 0. The van der Waals surface area contributed by atoms with Crippen LogP contribution >= 0.6 is 0 Å². The van der Waals surface area contributed by atoms with Crippen LogP contribution in [-0.4, -0.2) is 9.97 Å². The molecule has 4 nitrogen and oxygen atoms in total. The zero-order valence-electron chi connectivity index (χ0n) is 11.6. The van der Waals surface area contributed by atoms with Crippen LogP contribution in [0.1, 0.15) is 38.1 Å². The first-order chi connectivity index (χ1) is 9.08. The largest absolute Gasteiger partial charge is 0.384 e. The highest BCUT2D eigenvalue weighted by Crippen LogP contribution is 2.19. The summed E-state index contributed by atoms with van der Waals surface area (Å²) in [5.74, 6) is 2.24. The van der Waals surface area contributed by atoms with E-state index in [1.54, 1.807) is 6.07 Å². The Morgan fingerprint density at radius 2 is 1.84 bits per heavy atom. The second-order valence-electron chi connectivity index (χ2n) is 4.87. The normalized spacial score (nSPS) is 10.7. The molecule has 0 amide bonds. The van der Waals surface area contributed by atoms with E-state index in [2.05, 4.69) is 48.2 Å². The Hall–Kier alpha value is -2.10. The zero-order valence-corrected chi connectivity index (χ0v) is 11.6. The highest BCUT2D eigenvalue weighted by atomic mass is 15.1. The van der Waals surface area contributed by atoms with Crippen molar-refractivity contribution < 1.29 is 0 Å². The van der Waals surface area contributed by atoms with Gasteiger partial charge in [0, 0.05) is 17.7 Å². The van der Waals surface area contributed by atoms with Crippen LogP contribution in [0.5, 0.6) is 0 Å². The van der Waals surface area contributed by atoms with E-state index < -0.39 is 0 Å². The smallest absolute Gasteiger partial charge is 0.136 e. The van der Waals surface area contributed by atoms with Crippen molar-refractivity contribution in [2.75, 3.05) is 11.1 Å². The molecule has 0 fully saturated rings. The van der Waals surface area contributed by atoms with Crippen molar-refractivity contribution in [2.24, 2.45) is 0 Å². The van der Waals surface area contributed by atoms with Gasteiger partial charge in [0.1, 0.15) is 17.5 Å². The van der Waals surface area contributed by atoms with E-state index in [9.17, 15) is 0 Å². The Bertz CT molecular complexity index is 547. The van der Waals surface area contributed by atoms with E-state index in [4.69, 9.17) is 5.73 Å². The summed E-state index contributed by atoms with van der Waals surface area (Å²) in [7, 11) is 0. The molecule has 0 unspecified atom stereocenters. The molecule has 4 heteroatoms. The molecule has 0 saturated heterocycles. The third-order valence-electron chi connectivity index (χ3n) is 2.91. The van der Waals surface area contributed by atoms with Crippen LogP contribution in [0, 0.1) is 0 Å². The second kappa shape index (κ2) is 5.69. The minimum atomic E-state index is 0.256. The fraction of sp³-hybridized carbons (Fsp3) is 0.333. The van der Waals surface area contributed by atoms with Crippen molar-refractivity contribution in [3.63, 3.8) is 0 Å². The van der Waals surface area contributed by atoms with Crippen LogP contribution in [0.3, 0.4) is 0 Å². The van der Waals surface area contributed by atoms with Gasteiger partial charge in [0.15, 0.2) is 0 Å². The number of nitrogen functional groups attached to an aromatic ring is 1. The molecule has 0 spiro atoms. The van der Waals surface area contributed by atoms with Crippen molar-refractivity contribution >= 4 is 17.3 Å². The number of hydrogen-bond acceptors (Lipinski definition) is 4. The lowest BCUT2D eigenvalue weighted by atomic mass is 10.1. The molecule has 1 aromatic carbocycles. The standard InChI is InChI=1S/C15H20N4/c1-4-11-5-7-12(8-6-11)17-14-9-13(16)18-15(19-14)10(2)3/h5-10H,4H2,1-3H3,(H3,16,17,18,19). The van der Waals surface area contributed by atoms with Gasteiger partial charge in [-0.3, -0.25) is 0 Å². The van der Waals surface area contributed by atoms with Gasteiger partial charge in [-0.05, 0) is 24.1 Å². The summed E-state index contributed by atoms with van der Waals surface area (Å²) < 4.78 is 0. The number of nitrogens with zero attached hydrogens (tertiary/aromatic N) is 2. The minimum Gasteiger partial charge on any atom is -0.384 e. The zero-order chi connectivity index (χ0) is 13.8. The second-order valence-corrected chi connectivity index (χ2v) is 4.87. The van der Waals surface area contributed by atoms with E-state index in [0.717, 1.165) is 23.8 Å². The van der Waals surface area contributed by atoms with Crippen LogP contribution in [0.2, 0.25) is 0 Å². The van der Waals surface area contributed by atoms with Crippen LogP contribution < -0.4 is 11.1 Å². The molecule has 100 valence electrons. The molecule has 0 radical (unpaired) electrons. The Balaban J connectivity index is 2.22. The molecule has 0 aliphatic heterocycles. The van der Waals surface area contributed by atoms with Crippen molar-refractivity contribution in [1.82, 2.24) is 9.97 Å². The van der Waals surface area contributed by atoms with Gasteiger partial charge in [-0.25, -0.2) is 9.97 Å². The number of aryl methyl sites for hydroxylation is 1. The number of anilines is 3. The summed E-state index contributed by atoms with van der Waals surface area (Å²) in [4.78, 5) is 8.70. The monoisotopic (exact) mass is 256 g/mol. The average Bonchev–Trinajstić information content (AvgIpc) is 2.39. The molecule has 2 rings (SSSR count). The van der Waals surface area contributed by atoms with Crippen molar-refractivity contribution in [3.05, 3.63) is 41.7 Å². The summed E-state index contributed by atoms with van der Waals surface area (Å²) in [5.41, 5.74) is 8.13. The van der Waals surface area contributed by atoms with E-state index in [-0.39, 0.29) is 5.92 Å². The highest BCUT2D eigenvalue weighted by Gasteiger charge is 2.06. The lowest BCUT2D eigenvalue weighted by Crippen LogP contribution is -2.04. The predicted molar refractivity (Wildman–Crippen MR) is 79.6 cm³/mol. The first kappa shape index (κ1) is 13.3. The molecule has 0 aliphatic rings. The third kappa shape index (κ3) is 3.44. The van der Waals surface area contributed by atoms with Gasteiger partial charge >= 0.3 is 0 Å². The maximum absolute atomic E-state index is 5.81. The first-order valence-corrected chi connectivity index (χ1v) is 6.59. The van der Waals surface area contributed by atoms with Crippen molar-refractivity contribution in [1.29, 1.82) is 0 Å². The van der Waals surface area contributed by atoms with Crippen LogP contribution in [0.15, 0.2) is 30.3 Å². The third-order valence-corrected chi connectivity index (χ3v) is 2.91. The number of hydrogen-bond donors (Lipinski definition) is 2. The number of benzene rings is 1. The molecular weight excluding hydrogens is 236 g/mol. The molecule has 1 heterocycles. The first-order valence-electron chi connectivity index (χ1n) is 6.59. The van der Waals surface area contributed by atoms with Gasteiger partial charge in [0.05, 0.1) is 0 Å². The van der Waals surface area contributed by atoms with Crippen LogP contribution in [-0.2, 0) is 6.42 Å². The maximum atomic E-state index is 5.81. The summed E-state index contributed by atoms with van der Waals surface area (Å²) in [6, 6.07) is 10.1. The molecule has 0 atom stereocenters. The Kier molecular flexibility index (Phi) is 4.00. The molecular formula is C15H20N4. The van der Waals surface area contributed by atoms with Crippen LogP contribution in [0.25, 0.3) is 0 Å². The van der Waals surface area contributed by atoms with E-state index in [1.165, 1.54) is 5.56 Å². The predicted octanol–water partition coefficient (Wildman–Crippen LogP) is 3.49. The Morgan fingerprint density at radius 3 is 2.42 bits per heavy atom. The lowest BCUT2D eigenvalue weighted by molar-refractivity contribution is 0.779. The minimum absolute atomic E-state index is 0.256. The fourth-order valence-electron chi connectivity index (χ4n) is 1.78. The van der Waals surface area contributed by atoms with E-state index >= 15 is 0 Å². The number of nitrogens with one attached hydrogen (secondary N) is 1. The topological polar surface area (TPSA) is 63.8 Å². The molecule has 1 aromatic heterocycles. The number of rotatable bonds is 4. The van der Waals surface area contributed by atoms with E-state index in [0.29, 0.717) is 5.82 Å². The molecule has 2 aromatic rings. The summed E-state index contributed by atoms with van der Waals surface area (Å²) in [6.07, 6.45) is 1.04. The highest BCUT2D eigenvalue weighted by molar-refractivity contribution is 5.58. The molecule has 0 aliphatic carbocycles. The number of nitrogens with two attached hydrogens (primary N) is 1. The van der Waals surface area contributed by atoms with Gasteiger partial charge in [-0.15, -0.1) is 0 Å². The Labute approximate surface area is 114 Å². The van der Waals surface area contributed by atoms with Crippen molar-refractivity contribution in [3.8, 4) is 0 Å². The molecule has 3 N–H and O–H groups in total. The van der Waals surface area contributed by atoms with Gasteiger partial charge in [0.2, 0.25) is 0 Å². The molecule has 0 saturated carbocycles. The quantitative estimate of drug-likeness (QED) is 0.879. The molecule has 19 heavy (non-hydrogen) atoms. The van der Waals surface area contributed by atoms with Gasteiger partial charge < -0.3 is 11.1 Å². The van der Waals surface area contributed by atoms with Crippen molar-refractivity contribution in [2.45, 2.75) is 33.1 Å². The van der Waals surface area contributed by atoms with Gasteiger partial charge in [-0.2, -0.15) is 0 Å². The van der Waals surface area contributed by atoms with Crippen LogP contribution in [0.4, 0.5) is 17.3 Å². The Morgan fingerprint density at radius 1 is 1.16 bits per heavy atom. The maximum Gasteiger partial charge on any atom is 0.136 e. The lowest BCUT2D eigenvalue weighted by Gasteiger charge is -2.10.